The second-order valence-electron chi connectivity index (χ2n) is 8.50. The molecule has 1 heterocycles. The molecule has 5 heteroatoms. The van der Waals surface area contributed by atoms with Crippen LogP contribution in [0.1, 0.15) is 70.4 Å². The SMILES string of the molecule is CCCCCc1cc(O)c2c(c1)OC(C)(C)[C@@H]1CC=C(C)[C@H](OC(=S)SC)[C@@H]21. The van der Waals surface area contributed by atoms with E-state index in [4.69, 9.17) is 21.7 Å². The van der Waals surface area contributed by atoms with Gasteiger partial charge in [-0.15, -0.1) is 0 Å². The van der Waals surface area contributed by atoms with Crippen LogP contribution in [0.15, 0.2) is 23.8 Å². The minimum Gasteiger partial charge on any atom is -0.508 e. The van der Waals surface area contributed by atoms with Crippen LogP contribution in [0.4, 0.5) is 0 Å². The normalized spacial score (nSPS) is 25.2. The van der Waals surface area contributed by atoms with Gasteiger partial charge >= 0.3 is 0 Å². The molecule has 0 bridgehead atoms. The second-order valence-corrected chi connectivity index (χ2v) is 9.91. The number of hydrogen-bond acceptors (Lipinski definition) is 5. The van der Waals surface area contributed by atoms with Gasteiger partial charge in [0.05, 0.1) is 0 Å². The zero-order chi connectivity index (χ0) is 20.5. The number of fused-ring (bicyclic) bond motifs is 3. The summed E-state index contributed by atoms with van der Waals surface area (Å²) in [6.45, 7) is 8.59. The number of allylic oxidation sites excluding steroid dienone is 1. The molecule has 1 aromatic carbocycles. The van der Waals surface area contributed by atoms with Gasteiger partial charge in [-0.05, 0) is 81.8 Å². The molecule has 0 fully saturated rings. The first kappa shape index (κ1) is 21.5. The van der Waals surface area contributed by atoms with Crippen molar-refractivity contribution in [2.75, 3.05) is 6.26 Å². The molecule has 0 radical (unpaired) electrons. The highest BCUT2D eigenvalue weighted by Crippen LogP contribution is 2.55. The maximum Gasteiger partial charge on any atom is 0.220 e. The second kappa shape index (κ2) is 8.66. The van der Waals surface area contributed by atoms with E-state index in [1.807, 2.05) is 12.3 Å². The van der Waals surface area contributed by atoms with E-state index in [1.54, 1.807) is 0 Å². The number of benzene rings is 1. The lowest BCUT2D eigenvalue weighted by Gasteiger charge is -2.49. The Morgan fingerprint density at radius 1 is 1.36 bits per heavy atom. The van der Waals surface area contributed by atoms with E-state index in [9.17, 15) is 5.11 Å². The molecule has 1 aliphatic heterocycles. The summed E-state index contributed by atoms with van der Waals surface area (Å²) < 4.78 is 13.2. The maximum atomic E-state index is 11.0. The number of phenols is 1. The van der Waals surface area contributed by atoms with E-state index in [2.05, 4.69) is 39.8 Å². The van der Waals surface area contributed by atoms with Gasteiger partial charge in [-0.3, -0.25) is 0 Å². The third-order valence-corrected chi connectivity index (χ3v) is 7.17. The smallest absolute Gasteiger partial charge is 0.220 e. The Morgan fingerprint density at radius 3 is 2.79 bits per heavy atom. The Kier molecular flexibility index (Phi) is 6.65. The number of thiocarbonyl (C=S) groups is 1. The predicted octanol–water partition coefficient (Wildman–Crippen LogP) is 6.38. The summed E-state index contributed by atoms with van der Waals surface area (Å²) in [5, 5.41) is 11.0. The molecule has 0 spiro atoms. The summed E-state index contributed by atoms with van der Waals surface area (Å²) in [6.07, 6.45) is 9.38. The standard InChI is InChI=1S/C23H32O3S2/c1-6-7-8-9-15-12-17(24)20-18(13-15)26-23(3,4)16-11-10-14(2)21(19(16)20)25-22(27)28-5/h10,12-13,16,19,21,24H,6-9,11H2,1-5H3/t16-,19-,21+/m1/s1. The Balaban J connectivity index is 2.04. The summed E-state index contributed by atoms with van der Waals surface area (Å²) in [6, 6.07) is 4.05. The highest BCUT2D eigenvalue weighted by molar-refractivity contribution is 8.22. The lowest BCUT2D eigenvalue weighted by atomic mass is 9.65. The van der Waals surface area contributed by atoms with Crippen molar-refractivity contribution in [2.24, 2.45) is 5.92 Å². The number of aromatic hydroxyl groups is 1. The number of rotatable bonds is 5. The van der Waals surface area contributed by atoms with Crippen LogP contribution >= 0.6 is 24.0 Å². The van der Waals surface area contributed by atoms with Crippen LogP contribution in [0.3, 0.4) is 0 Å². The Labute approximate surface area is 178 Å². The minimum atomic E-state index is -0.341. The number of thioether (sulfide) groups is 1. The molecule has 1 aromatic rings. The molecule has 0 unspecified atom stereocenters. The molecule has 0 saturated carbocycles. The molecule has 28 heavy (non-hydrogen) atoms. The van der Waals surface area contributed by atoms with Gasteiger partial charge in [0.1, 0.15) is 23.2 Å². The molecule has 154 valence electrons. The fraction of sp³-hybridized carbons (Fsp3) is 0.609. The van der Waals surface area contributed by atoms with Gasteiger partial charge in [-0.1, -0.05) is 37.6 Å². The molecule has 3 nitrogen and oxygen atoms in total. The molecular formula is C23H32O3S2. The summed E-state index contributed by atoms with van der Waals surface area (Å²) in [5.74, 6) is 1.37. The average Bonchev–Trinajstić information content (AvgIpc) is 2.63. The Bertz CT molecular complexity index is 769. The monoisotopic (exact) mass is 420 g/mol. The molecule has 0 saturated heterocycles. The molecule has 1 aliphatic carbocycles. The van der Waals surface area contributed by atoms with Crippen LogP contribution in [0.25, 0.3) is 0 Å². The number of aryl methyl sites for hydroxylation is 1. The molecule has 0 aromatic heterocycles. The minimum absolute atomic E-state index is 0.0264. The Morgan fingerprint density at radius 2 is 2.11 bits per heavy atom. The quantitative estimate of drug-likeness (QED) is 0.340. The van der Waals surface area contributed by atoms with E-state index >= 15 is 0 Å². The van der Waals surface area contributed by atoms with Crippen molar-refractivity contribution in [3.63, 3.8) is 0 Å². The molecule has 1 N–H and O–H groups in total. The third kappa shape index (κ3) is 4.20. The molecule has 3 rings (SSSR count). The van der Waals surface area contributed by atoms with E-state index in [0.29, 0.717) is 10.1 Å². The number of phenolic OH excluding ortho intramolecular Hbond substituents is 1. The van der Waals surface area contributed by atoms with Crippen LogP contribution in [0.5, 0.6) is 11.5 Å². The maximum absolute atomic E-state index is 11.0. The highest BCUT2D eigenvalue weighted by Gasteiger charge is 2.50. The summed E-state index contributed by atoms with van der Waals surface area (Å²) in [7, 11) is 0. The zero-order valence-electron chi connectivity index (χ0n) is 17.6. The van der Waals surface area contributed by atoms with Gasteiger partial charge in [0.25, 0.3) is 0 Å². The van der Waals surface area contributed by atoms with Gasteiger partial charge in [0.15, 0.2) is 0 Å². The topological polar surface area (TPSA) is 38.7 Å². The summed E-state index contributed by atoms with van der Waals surface area (Å²) in [4.78, 5) is 0. The number of hydrogen-bond donors (Lipinski definition) is 1. The third-order valence-electron chi connectivity index (χ3n) is 6.14. The van der Waals surface area contributed by atoms with Crippen molar-refractivity contribution in [3.8, 4) is 11.5 Å². The van der Waals surface area contributed by atoms with Crippen LogP contribution in [0.2, 0.25) is 0 Å². The van der Waals surface area contributed by atoms with Crippen LogP contribution in [-0.2, 0) is 11.2 Å². The Hall–Kier alpha value is -1.20. The van der Waals surface area contributed by atoms with E-state index < -0.39 is 0 Å². The number of unbranched alkanes of at least 4 members (excludes halogenated alkanes) is 2. The zero-order valence-corrected chi connectivity index (χ0v) is 19.2. The first-order chi connectivity index (χ1) is 13.3. The van der Waals surface area contributed by atoms with Crippen molar-refractivity contribution in [2.45, 2.75) is 77.4 Å². The van der Waals surface area contributed by atoms with Crippen molar-refractivity contribution in [1.82, 2.24) is 0 Å². The fourth-order valence-corrected chi connectivity index (χ4v) is 4.93. The van der Waals surface area contributed by atoms with Crippen molar-refractivity contribution < 1.29 is 14.6 Å². The van der Waals surface area contributed by atoms with E-state index in [-0.39, 0.29) is 23.5 Å². The summed E-state index contributed by atoms with van der Waals surface area (Å²) >= 11 is 6.82. The van der Waals surface area contributed by atoms with Gasteiger partial charge in [0, 0.05) is 17.4 Å². The van der Waals surface area contributed by atoms with Crippen LogP contribution in [-0.4, -0.2) is 27.4 Å². The lowest BCUT2D eigenvalue weighted by Crippen LogP contribution is -2.50. The first-order valence-electron chi connectivity index (χ1n) is 10.2. The van der Waals surface area contributed by atoms with Crippen molar-refractivity contribution in [1.29, 1.82) is 0 Å². The first-order valence-corrected chi connectivity index (χ1v) is 11.9. The number of ether oxygens (including phenoxy) is 2. The molecule has 3 atom stereocenters. The lowest BCUT2D eigenvalue weighted by molar-refractivity contribution is -0.0171. The van der Waals surface area contributed by atoms with Gasteiger partial charge in [-0.25, -0.2) is 0 Å². The van der Waals surface area contributed by atoms with E-state index in [1.165, 1.54) is 30.2 Å². The molecule has 0 amide bonds. The van der Waals surface area contributed by atoms with Gasteiger partial charge < -0.3 is 14.6 Å². The summed E-state index contributed by atoms with van der Waals surface area (Å²) in [5.41, 5.74) is 2.85. The van der Waals surface area contributed by atoms with Crippen molar-refractivity contribution >= 4 is 28.4 Å². The fourth-order valence-electron chi connectivity index (χ4n) is 4.63. The molecule has 2 aliphatic rings. The van der Waals surface area contributed by atoms with Gasteiger partial charge in [-0.2, -0.15) is 0 Å². The highest BCUT2D eigenvalue weighted by atomic mass is 32.2. The average molecular weight is 421 g/mol. The van der Waals surface area contributed by atoms with Gasteiger partial charge in [0.2, 0.25) is 4.38 Å². The predicted molar refractivity (Wildman–Crippen MR) is 122 cm³/mol. The molecular weight excluding hydrogens is 388 g/mol. The largest absolute Gasteiger partial charge is 0.508 e. The van der Waals surface area contributed by atoms with Crippen LogP contribution in [0, 0.1) is 5.92 Å². The van der Waals surface area contributed by atoms with E-state index in [0.717, 1.165) is 36.1 Å². The van der Waals surface area contributed by atoms with Crippen molar-refractivity contribution in [3.05, 3.63) is 34.9 Å². The van der Waals surface area contributed by atoms with Crippen LogP contribution < -0.4 is 4.74 Å².